The number of guanidine groups is 1. The van der Waals surface area contributed by atoms with E-state index in [2.05, 4.69) is 52.5 Å². The van der Waals surface area contributed by atoms with Gasteiger partial charge >= 0.3 is 0 Å². The minimum absolute atomic E-state index is 0. The average Bonchev–Trinajstić information content (AvgIpc) is 3.06. The predicted octanol–water partition coefficient (Wildman–Crippen LogP) is 2.27. The van der Waals surface area contributed by atoms with Crippen molar-refractivity contribution in [2.75, 3.05) is 13.1 Å². The first-order valence-electron chi connectivity index (χ1n) is 9.56. The average molecular weight is 483 g/mol. The van der Waals surface area contributed by atoms with E-state index in [0.29, 0.717) is 6.04 Å². The van der Waals surface area contributed by atoms with Gasteiger partial charge in [-0.15, -0.1) is 24.0 Å². The zero-order valence-electron chi connectivity index (χ0n) is 16.4. The van der Waals surface area contributed by atoms with Gasteiger partial charge in [0.25, 0.3) is 0 Å². The third-order valence-electron chi connectivity index (χ3n) is 4.69. The van der Waals surface area contributed by atoms with Gasteiger partial charge in [-0.3, -0.25) is 9.98 Å². The highest BCUT2D eigenvalue weighted by Crippen LogP contribution is 2.13. The zero-order valence-corrected chi connectivity index (χ0v) is 18.7. The van der Waals surface area contributed by atoms with Crippen LogP contribution in [-0.2, 0) is 25.8 Å². The summed E-state index contributed by atoms with van der Waals surface area (Å²) >= 11 is 0. The molecule has 2 aromatic rings. The zero-order chi connectivity index (χ0) is 18.4. The van der Waals surface area contributed by atoms with Crippen LogP contribution in [-0.4, -0.2) is 44.8 Å². The van der Waals surface area contributed by atoms with Crippen LogP contribution in [0.2, 0.25) is 0 Å². The second kappa shape index (κ2) is 10.6. The Hall–Kier alpha value is -1.71. The topological polar surface area (TPSA) is 80.0 Å². The molecule has 0 fully saturated rings. The molecule has 0 saturated carbocycles. The number of aryl methyl sites for hydroxylation is 3. The summed E-state index contributed by atoms with van der Waals surface area (Å²) in [6.07, 6.45) is 7.57. The monoisotopic (exact) mass is 483 g/mol. The first-order chi connectivity index (χ1) is 12.7. The number of fused-ring (bicyclic) bond motifs is 1. The van der Waals surface area contributed by atoms with Crippen molar-refractivity contribution in [3.63, 3.8) is 0 Å². The van der Waals surface area contributed by atoms with Crippen molar-refractivity contribution in [3.05, 3.63) is 41.2 Å². The number of hydrogen-bond donors (Lipinski definition) is 2. The quantitative estimate of drug-likeness (QED) is 0.375. The fraction of sp³-hybridized carbons (Fsp3) is 0.579. The lowest BCUT2D eigenvalue weighted by Crippen LogP contribution is -2.47. The summed E-state index contributed by atoms with van der Waals surface area (Å²) in [5, 5.41) is 11.5. The maximum atomic E-state index is 4.75. The molecule has 3 heterocycles. The van der Waals surface area contributed by atoms with Crippen LogP contribution < -0.4 is 10.6 Å². The van der Waals surface area contributed by atoms with E-state index < -0.39 is 0 Å². The Kier molecular flexibility index (Phi) is 8.46. The third-order valence-corrected chi connectivity index (χ3v) is 4.69. The molecule has 3 rings (SSSR count). The fourth-order valence-electron chi connectivity index (χ4n) is 3.21. The van der Waals surface area contributed by atoms with Gasteiger partial charge in [0.2, 0.25) is 0 Å². The Balaban J connectivity index is 0.00000261. The molecule has 1 aliphatic rings. The van der Waals surface area contributed by atoms with Crippen molar-refractivity contribution >= 4 is 29.9 Å². The molecule has 27 heavy (non-hydrogen) atoms. The van der Waals surface area contributed by atoms with E-state index in [1.54, 1.807) is 0 Å². The van der Waals surface area contributed by atoms with Gasteiger partial charge in [0, 0.05) is 44.4 Å². The highest BCUT2D eigenvalue weighted by molar-refractivity contribution is 14.0. The van der Waals surface area contributed by atoms with Gasteiger partial charge in [-0.25, -0.2) is 9.67 Å². The molecular weight excluding hydrogens is 453 g/mol. The summed E-state index contributed by atoms with van der Waals surface area (Å²) in [6.45, 7) is 8.72. The van der Waals surface area contributed by atoms with Gasteiger partial charge in [0.15, 0.2) is 11.8 Å². The summed E-state index contributed by atoms with van der Waals surface area (Å²) < 4.78 is 2.05. The lowest BCUT2D eigenvalue weighted by molar-refractivity contribution is 0.392. The van der Waals surface area contributed by atoms with Gasteiger partial charge in [-0.2, -0.15) is 5.10 Å². The SMILES string of the molecule is CCNC(=NCCc1ccncc1C)NC1CCc2nc(CC)nn2C1.I. The number of pyridine rings is 1. The summed E-state index contributed by atoms with van der Waals surface area (Å²) in [7, 11) is 0. The van der Waals surface area contributed by atoms with Crippen LogP contribution in [0, 0.1) is 6.92 Å². The van der Waals surface area contributed by atoms with E-state index in [1.807, 2.05) is 17.1 Å². The van der Waals surface area contributed by atoms with E-state index >= 15 is 0 Å². The van der Waals surface area contributed by atoms with E-state index in [0.717, 1.165) is 62.9 Å². The Morgan fingerprint density at radius 1 is 1.37 bits per heavy atom. The minimum Gasteiger partial charge on any atom is -0.357 e. The molecular formula is C19H30IN7. The van der Waals surface area contributed by atoms with Crippen molar-refractivity contribution in [2.45, 2.75) is 59.0 Å². The lowest BCUT2D eigenvalue weighted by Gasteiger charge is -2.25. The third kappa shape index (κ3) is 5.88. The molecule has 8 heteroatoms. The first-order valence-corrected chi connectivity index (χ1v) is 9.56. The Morgan fingerprint density at radius 2 is 2.22 bits per heavy atom. The Morgan fingerprint density at radius 3 is 2.96 bits per heavy atom. The number of aliphatic imine (C=N–C) groups is 1. The maximum Gasteiger partial charge on any atom is 0.191 e. The molecule has 2 aromatic heterocycles. The molecule has 2 N–H and O–H groups in total. The van der Waals surface area contributed by atoms with E-state index in [9.17, 15) is 0 Å². The van der Waals surface area contributed by atoms with Crippen LogP contribution in [0.3, 0.4) is 0 Å². The summed E-state index contributed by atoms with van der Waals surface area (Å²) in [6, 6.07) is 2.40. The Bertz CT molecular complexity index is 756. The standard InChI is InChI=1S/C19H29N7.HI/c1-4-17-24-18-7-6-16(13-26(18)25-17)23-19(21-5-2)22-11-9-15-8-10-20-12-14(15)3;/h8,10,12,16H,4-7,9,11,13H2,1-3H3,(H2,21,22,23);1H. The van der Waals surface area contributed by atoms with Gasteiger partial charge in [-0.05, 0) is 43.9 Å². The van der Waals surface area contributed by atoms with E-state index in [-0.39, 0.29) is 24.0 Å². The summed E-state index contributed by atoms with van der Waals surface area (Å²) in [5.74, 6) is 2.92. The van der Waals surface area contributed by atoms with Gasteiger partial charge < -0.3 is 10.6 Å². The molecule has 0 amide bonds. The van der Waals surface area contributed by atoms with Crippen molar-refractivity contribution in [3.8, 4) is 0 Å². The highest BCUT2D eigenvalue weighted by atomic mass is 127. The first kappa shape index (κ1) is 21.6. The molecule has 0 saturated heterocycles. The lowest BCUT2D eigenvalue weighted by atomic mass is 10.1. The molecule has 1 atom stereocenters. The van der Waals surface area contributed by atoms with Gasteiger partial charge in [0.1, 0.15) is 5.82 Å². The Labute approximate surface area is 178 Å². The van der Waals surface area contributed by atoms with E-state index in [1.165, 1.54) is 11.1 Å². The van der Waals surface area contributed by atoms with Crippen LogP contribution in [0.5, 0.6) is 0 Å². The molecule has 0 spiro atoms. The largest absolute Gasteiger partial charge is 0.357 e. The number of nitrogens with one attached hydrogen (secondary N) is 2. The fourth-order valence-corrected chi connectivity index (χ4v) is 3.21. The second-order valence-electron chi connectivity index (χ2n) is 6.67. The minimum atomic E-state index is 0. The normalized spacial score (nSPS) is 16.4. The van der Waals surface area contributed by atoms with Crippen LogP contribution in [0.25, 0.3) is 0 Å². The smallest absolute Gasteiger partial charge is 0.191 e. The highest BCUT2D eigenvalue weighted by Gasteiger charge is 2.22. The van der Waals surface area contributed by atoms with Crippen molar-refractivity contribution < 1.29 is 0 Å². The second-order valence-corrected chi connectivity index (χ2v) is 6.67. The van der Waals surface area contributed by atoms with Gasteiger partial charge in [0.05, 0.1) is 6.54 Å². The number of rotatable bonds is 6. The van der Waals surface area contributed by atoms with Crippen LogP contribution >= 0.6 is 24.0 Å². The molecule has 1 unspecified atom stereocenters. The molecule has 0 aliphatic carbocycles. The van der Waals surface area contributed by atoms with Crippen molar-refractivity contribution in [2.24, 2.45) is 4.99 Å². The maximum absolute atomic E-state index is 4.75. The summed E-state index contributed by atoms with van der Waals surface area (Å²) in [5.41, 5.74) is 2.52. The number of nitrogens with zero attached hydrogens (tertiary/aromatic N) is 5. The van der Waals surface area contributed by atoms with Crippen molar-refractivity contribution in [1.29, 1.82) is 0 Å². The molecule has 1 aliphatic heterocycles. The molecule has 0 radical (unpaired) electrons. The van der Waals surface area contributed by atoms with E-state index in [4.69, 9.17) is 4.99 Å². The number of hydrogen-bond acceptors (Lipinski definition) is 4. The number of halogens is 1. The number of aromatic nitrogens is 4. The van der Waals surface area contributed by atoms with Crippen molar-refractivity contribution in [1.82, 2.24) is 30.4 Å². The molecule has 148 valence electrons. The van der Waals surface area contributed by atoms with Crippen LogP contribution in [0.15, 0.2) is 23.5 Å². The molecule has 7 nitrogen and oxygen atoms in total. The predicted molar refractivity (Wildman–Crippen MR) is 119 cm³/mol. The molecule has 0 bridgehead atoms. The summed E-state index contributed by atoms with van der Waals surface area (Å²) in [4.78, 5) is 13.5. The van der Waals surface area contributed by atoms with Crippen LogP contribution in [0.1, 0.15) is 43.0 Å². The molecule has 0 aromatic carbocycles. The van der Waals surface area contributed by atoms with Gasteiger partial charge in [-0.1, -0.05) is 6.92 Å². The van der Waals surface area contributed by atoms with Crippen LogP contribution in [0.4, 0.5) is 0 Å².